The highest BCUT2D eigenvalue weighted by Gasteiger charge is 2.28. The minimum absolute atomic E-state index is 0.0416. The smallest absolute Gasteiger partial charge is 0.265 e. The molecule has 1 atom stereocenters. The van der Waals surface area contributed by atoms with Crippen LogP contribution in [0.15, 0.2) is 40.8 Å². The number of benzene rings is 1. The average molecular weight is 412 g/mol. The highest BCUT2D eigenvalue weighted by Crippen LogP contribution is 2.33. The van der Waals surface area contributed by atoms with Gasteiger partial charge in [-0.3, -0.25) is 4.79 Å². The van der Waals surface area contributed by atoms with Crippen LogP contribution in [0, 0.1) is 13.8 Å². The number of nitrogens with zero attached hydrogens (tertiary/aromatic N) is 3. The highest BCUT2D eigenvalue weighted by atomic mass is 32.1. The number of anilines is 1. The Balaban J connectivity index is 1.48. The van der Waals surface area contributed by atoms with E-state index in [4.69, 9.17) is 9.15 Å². The predicted octanol–water partition coefficient (Wildman–Crippen LogP) is 4.38. The Morgan fingerprint density at radius 1 is 1.28 bits per heavy atom. The molecule has 1 aliphatic heterocycles. The normalized spacial score (nSPS) is 15.7. The second-order valence-corrected chi connectivity index (χ2v) is 8.27. The van der Waals surface area contributed by atoms with E-state index in [9.17, 15) is 4.79 Å². The number of hydrogen-bond acceptors (Lipinski definition) is 6. The second kappa shape index (κ2) is 7.91. The molecule has 0 N–H and O–H groups in total. The zero-order valence-electron chi connectivity index (χ0n) is 17.1. The fraction of sp³-hybridized carbons (Fsp3) is 0.364. The molecule has 152 valence electrons. The molecule has 3 heterocycles. The first-order chi connectivity index (χ1) is 14.0. The van der Waals surface area contributed by atoms with Gasteiger partial charge in [0.2, 0.25) is 0 Å². The van der Waals surface area contributed by atoms with Gasteiger partial charge >= 0.3 is 0 Å². The number of aryl methyl sites for hydroxylation is 2. The van der Waals surface area contributed by atoms with Crippen LogP contribution in [0.25, 0.3) is 10.8 Å². The van der Waals surface area contributed by atoms with E-state index in [0.717, 1.165) is 41.0 Å². The van der Waals surface area contributed by atoms with E-state index >= 15 is 0 Å². The van der Waals surface area contributed by atoms with Gasteiger partial charge in [0.05, 0.1) is 24.5 Å². The molecule has 2 aromatic heterocycles. The molecular weight excluding hydrogens is 386 g/mol. The SMILES string of the molecule is CCN1CC(CN(C)C(=O)c2sc(-c3ccc(C)o3)nc2C)Oc2ccccc21. The lowest BCUT2D eigenvalue weighted by Gasteiger charge is -2.37. The van der Waals surface area contributed by atoms with Crippen molar-refractivity contribution in [3.05, 3.63) is 52.7 Å². The van der Waals surface area contributed by atoms with Crippen molar-refractivity contribution in [1.82, 2.24) is 9.88 Å². The van der Waals surface area contributed by atoms with E-state index in [1.54, 1.807) is 4.90 Å². The van der Waals surface area contributed by atoms with Gasteiger partial charge in [0.25, 0.3) is 5.91 Å². The van der Waals surface area contributed by atoms with Crippen molar-refractivity contribution in [2.24, 2.45) is 0 Å². The minimum Gasteiger partial charge on any atom is -0.485 e. The summed E-state index contributed by atoms with van der Waals surface area (Å²) >= 11 is 1.37. The average Bonchev–Trinajstić information content (AvgIpc) is 3.32. The first-order valence-electron chi connectivity index (χ1n) is 9.76. The van der Waals surface area contributed by atoms with Gasteiger partial charge < -0.3 is 19.0 Å². The maximum absolute atomic E-state index is 13.1. The fourth-order valence-corrected chi connectivity index (χ4v) is 4.61. The van der Waals surface area contributed by atoms with Crippen LogP contribution in [0.3, 0.4) is 0 Å². The summed E-state index contributed by atoms with van der Waals surface area (Å²) in [4.78, 5) is 22.3. The molecule has 3 aromatic rings. The van der Waals surface area contributed by atoms with Crippen LogP contribution in [-0.2, 0) is 0 Å². The van der Waals surface area contributed by atoms with Crippen LogP contribution in [-0.4, -0.2) is 48.6 Å². The maximum Gasteiger partial charge on any atom is 0.265 e. The number of rotatable bonds is 5. The zero-order valence-corrected chi connectivity index (χ0v) is 18.0. The van der Waals surface area contributed by atoms with Gasteiger partial charge in [0.1, 0.15) is 22.5 Å². The van der Waals surface area contributed by atoms with Crippen molar-refractivity contribution in [3.63, 3.8) is 0 Å². The van der Waals surface area contributed by atoms with Crippen molar-refractivity contribution in [2.45, 2.75) is 26.9 Å². The molecule has 0 aliphatic carbocycles. The minimum atomic E-state index is -0.0841. The molecule has 0 spiro atoms. The molecule has 1 amide bonds. The number of para-hydroxylation sites is 2. The topological polar surface area (TPSA) is 58.8 Å². The molecule has 0 saturated heterocycles. The van der Waals surface area contributed by atoms with Crippen molar-refractivity contribution < 1.29 is 13.9 Å². The molecule has 0 fully saturated rings. The Morgan fingerprint density at radius 2 is 2.07 bits per heavy atom. The van der Waals surface area contributed by atoms with Crippen LogP contribution in [0.4, 0.5) is 5.69 Å². The largest absolute Gasteiger partial charge is 0.485 e. The third kappa shape index (κ3) is 3.87. The lowest BCUT2D eigenvalue weighted by atomic mass is 10.2. The lowest BCUT2D eigenvalue weighted by molar-refractivity contribution is 0.0713. The van der Waals surface area contributed by atoms with Gasteiger partial charge in [0, 0.05) is 13.6 Å². The zero-order chi connectivity index (χ0) is 20.5. The molecule has 0 bridgehead atoms. The van der Waals surface area contributed by atoms with Crippen LogP contribution in [0.1, 0.15) is 28.0 Å². The van der Waals surface area contributed by atoms with E-state index in [-0.39, 0.29) is 12.0 Å². The van der Waals surface area contributed by atoms with E-state index in [0.29, 0.717) is 17.2 Å². The number of fused-ring (bicyclic) bond motifs is 1. The fourth-order valence-electron chi connectivity index (χ4n) is 3.58. The molecule has 0 radical (unpaired) electrons. The monoisotopic (exact) mass is 411 g/mol. The van der Waals surface area contributed by atoms with Gasteiger partial charge in [-0.25, -0.2) is 4.98 Å². The summed E-state index contributed by atoms with van der Waals surface area (Å²) in [5.74, 6) is 2.35. The molecule has 1 aromatic carbocycles. The molecule has 6 nitrogen and oxygen atoms in total. The van der Waals surface area contributed by atoms with Gasteiger partial charge in [-0.2, -0.15) is 0 Å². The molecule has 1 aliphatic rings. The van der Waals surface area contributed by atoms with Crippen LogP contribution < -0.4 is 9.64 Å². The van der Waals surface area contributed by atoms with Crippen molar-refractivity contribution in [2.75, 3.05) is 31.6 Å². The number of thiazole rings is 1. The summed E-state index contributed by atoms with van der Waals surface area (Å²) in [5, 5.41) is 0.729. The van der Waals surface area contributed by atoms with Crippen molar-refractivity contribution in [3.8, 4) is 16.5 Å². The lowest BCUT2D eigenvalue weighted by Crippen LogP contribution is -2.46. The van der Waals surface area contributed by atoms with Crippen LogP contribution in [0.5, 0.6) is 5.75 Å². The van der Waals surface area contributed by atoms with Crippen molar-refractivity contribution >= 4 is 22.9 Å². The maximum atomic E-state index is 13.1. The number of carbonyl (C=O) groups is 1. The van der Waals surface area contributed by atoms with E-state index < -0.39 is 0 Å². The first kappa shape index (κ1) is 19.5. The summed E-state index contributed by atoms with van der Waals surface area (Å²) in [7, 11) is 1.82. The van der Waals surface area contributed by atoms with E-state index in [1.807, 2.05) is 51.2 Å². The van der Waals surface area contributed by atoms with Crippen molar-refractivity contribution in [1.29, 1.82) is 0 Å². The third-order valence-electron chi connectivity index (χ3n) is 5.07. The van der Waals surface area contributed by atoms with Gasteiger partial charge in [0.15, 0.2) is 10.8 Å². The molecule has 0 saturated carbocycles. The molecule has 1 unspecified atom stereocenters. The molecular formula is C22H25N3O3S. The molecule has 4 rings (SSSR count). The number of ether oxygens (including phenoxy) is 1. The van der Waals surface area contributed by atoms with Gasteiger partial charge in [-0.1, -0.05) is 12.1 Å². The number of likely N-dealkylation sites (N-methyl/N-ethyl adjacent to an activating group) is 2. The molecule has 7 heteroatoms. The Bertz CT molecular complexity index is 1030. The van der Waals surface area contributed by atoms with Crippen LogP contribution in [0.2, 0.25) is 0 Å². The standard InChI is InChI=1S/C22H25N3O3S/c1-5-25-13-16(28-18-9-7-6-8-17(18)25)12-24(4)22(26)20-15(3)23-21(29-20)19-11-10-14(2)27-19/h6-11,16H,5,12-13H2,1-4H3. The number of furan rings is 1. The van der Waals surface area contributed by atoms with Crippen LogP contribution >= 0.6 is 11.3 Å². The predicted molar refractivity (Wildman–Crippen MR) is 115 cm³/mol. The number of amides is 1. The summed E-state index contributed by atoms with van der Waals surface area (Å²) in [5.41, 5.74) is 1.83. The molecule has 29 heavy (non-hydrogen) atoms. The third-order valence-corrected chi connectivity index (χ3v) is 6.23. The number of aromatic nitrogens is 1. The highest BCUT2D eigenvalue weighted by molar-refractivity contribution is 7.17. The Kier molecular flexibility index (Phi) is 5.32. The first-order valence-corrected chi connectivity index (χ1v) is 10.6. The van der Waals surface area contributed by atoms with E-state index in [1.165, 1.54) is 11.3 Å². The Labute approximate surface area is 174 Å². The van der Waals surface area contributed by atoms with Gasteiger partial charge in [-0.05, 0) is 45.0 Å². The summed E-state index contributed by atoms with van der Waals surface area (Å²) in [6.45, 7) is 8.05. The Hall–Kier alpha value is -2.80. The van der Waals surface area contributed by atoms with E-state index in [2.05, 4.69) is 22.9 Å². The summed E-state index contributed by atoms with van der Waals surface area (Å²) in [6, 6.07) is 11.8. The summed E-state index contributed by atoms with van der Waals surface area (Å²) in [6.07, 6.45) is -0.0841. The number of hydrogen-bond donors (Lipinski definition) is 0. The Morgan fingerprint density at radius 3 is 2.79 bits per heavy atom. The number of carbonyl (C=O) groups excluding carboxylic acids is 1. The quantitative estimate of drug-likeness (QED) is 0.624. The summed E-state index contributed by atoms with van der Waals surface area (Å²) < 4.78 is 11.8. The second-order valence-electron chi connectivity index (χ2n) is 7.28. The van der Waals surface area contributed by atoms with Gasteiger partial charge in [-0.15, -0.1) is 11.3 Å².